The van der Waals surface area contributed by atoms with Gasteiger partial charge in [0.15, 0.2) is 28.9 Å². The maximum absolute atomic E-state index is 14.3. The Hall–Kier alpha value is -2.02. The monoisotopic (exact) mass is 464 g/mol. The average molecular weight is 465 g/mol. The number of methoxy groups -OCH3 is 2. The Balaban J connectivity index is 0.00000225. The summed E-state index contributed by atoms with van der Waals surface area (Å²) >= 11 is 0. The number of hydrogen-bond acceptors (Lipinski definition) is 8. The SMILES string of the molecule is COc1cc(OC)c(F)c(COc2cnc(N[C@@H]3COCC[C@@H]3N)nc2)c1F.S.S. The molecule has 3 rings (SSSR count). The Kier molecular flexibility index (Phi) is 10.4. The van der Waals surface area contributed by atoms with Crippen molar-refractivity contribution in [2.45, 2.75) is 25.1 Å². The fraction of sp³-hybridized carbons (Fsp3) is 0.444. The molecule has 1 aromatic heterocycles. The molecule has 0 aliphatic carbocycles. The summed E-state index contributed by atoms with van der Waals surface area (Å²) in [6.07, 6.45) is 3.55. The predicted molar refractivity (Wildman–Crippen MR) is 117 cm³/mol. The minimum atomic E-state index is -0.855. The van der Waals surface area contributed by atoms with E-state index in [4.69, 9.17) is 24.7 Å². The van der Waals surface area contributed by atoms with Gasteiger partial charge in [-0.2, -0.15) is 27.0 Å². The Labute approximate surface area is 187 Å². The topological polar surface area (TPSA) is 101 Å². The van der Waals surface area contributed by atoms with Crippen LogP contribution in [0.25, 0.3) is 0 Å². The molecule has 1 fully saturated rings. The van der Waals surface area contributed by atoms with Crippen molar-refractivity contribution in [3.63, 3.8) is 0 Å². The third kappa shape index (κ3) is 6.00. The van der Waals surface area contributed by atoms with E-state index in [-0.39, 0.29) is 68.5 Å². The van der Waals surface area contributed by atoms with Gasteiger partial charge >= 0.3 is 0 Å². The Morgan fingerprint density at radius 1 is 1.13 bits per heavy atom. The second-order valence-corrected chi connectivity index (χ2v) is 6.20. The second kappa shape index (κ2) is 12.0. The van der Waals surface area contributed by atoms with Crippen LogP contribution in [0, 0.1) is 11.6 Å². The first kappa shape index (κ1) is 26.0. The summed E-state index contributed by atoms with van der Waals surface area (Å²) in [5.74, 6) is -1.39. The molecule has 2 aromatic rings. The number of nitrogens with zero attached hydrogens (tertiary/aromatic N) is 2. The number of ether oxygens (including phenoxy) is 4. The number of nitrogens with two attached hydrogens (primary N) is 1. The lowest BCUT2D eigenvalue weighted by molar-refractivity contribution is 0.0766. The van der Waals surface area contributed by atoms with Crippen molar-refractivity contribution in [1.82, 2.24) is 9.97 Å². The van der Waals surface area contributed by atoms with Gasteiger partial charge in [-0.05, 0) is 6.42 Å². The first-order valence-electron chi connectivity index (χ1n) is 8.67. The molecule has 2 atom stereocenters. The Morgan fingerprint density at radius 2 is 1.73 bits per heavy atom. The standard InChI is InChI=1S/C18H22F2N4O4.2H2S/c1-25-14-5-15(26-2)17(20)11(16(14)19)8-28-10-6-22-18(23-7-10)24-13-9-27-4-3-12(13)21;;/h5-7,12-13H,3-4,8-9,21H2,1-2H3,(H,22,23,24);2*1H2/t12-,13+;;/m0../s1. The molecular weight excluding hydrogens is 438 g/mol. The maximum atomic E-state index is 14.3. The summed E-state index contributed by atoms with van der Waals surface area (Å²) in [6, 6.07) is 0.993. The molecule has 30 heavy (non-hydrogen) atoms. The number of rotatable bonds is 7. The van der Waals surface area contributed by atoms with Crippen LogP contribution >= 0.6 is 27.0 Å². The molecule has 0 bridgehead atoms. The minimum absolute atomic E-state index is 0. The number of hydrogen-bond donors (Lipinski definition) is 2. The van der Waals surface area contributed by atoms with Crippen LogP contribution in [0.3, 0.4) is 0 Å². The minimum Gasteiger partial charge on any atom is -0.494 e. The van der Waals surface area contributed by atoms with Gasteiger partial charge in [-0.3, -0.25) is 0 Å². The Morgan fingerprint density at radius 3 is 2.27 bits per heavy atom. The van der Waals surface area contributed by atoms with Gasteiger partial charge in [0.25, 0.3) is 0 Å². The molecule has 0 radical (unpaired) electrons. The molecule has 1 aliphatic heterocycles. The van der Waals surface area contributed by atoms with Crippen molar-refractivity contribution in [2.24, 2.45) is 5.73 Å². The van der Waals surface area contributed by atoms with Crippen molar-refractivity contribution in [2.75, 3.05) is 32.8 Å². The van der Waals surface area contributed by atoms with Crippen LogP contribution in [0.5, 0.6) is 17.2 Å². The van der Waals surface area contributed by atoms with Gasteiger partial charge in [0.2, 0.25) is 5.95 Å². The van der Waals surface area contributed by atoms with E-state index < -0.39 is 11.6 Å². The predicted octanol–water partition coefficient (Wildman–Crippen LogP) is 2.10. The van der Waals surface area contributed by atoms with E-state index in [1.807, 2.05) is 0 Å². The maximum Gasteiger partial charge on any atom is 0.223 e. The summed E-state index contributed by atoms with van der Waals surface area (Å²) < 4.78 is 49.3. The molecule has 1 saturated heterocycles. The van der Waals surface area contributed by atoms with Crippen molar-refractivity contribution in [1.29, 1.82) is 0 Å². The zero-order chi connectivity index (χ0) is 20.1. The number of nitrogens with one attached hydrogen (secondary N) is 1. The van der Waals surface area contributed by atoms with Crippen LogP contribution in [0.1, 0.15) is 12.0 Å². The van der Waals surface area contributed by atoms with Crippen LogP contribution in [0.2, 0.25) is 0 Å². The van der Waals surface area contributed by atoms with Crippen LogP contribution in [-0.2, 0) is 11.3 Å². The highest BCUT2D eigenvalue weighted by Gasteiger charge is 2.23. The number of aromatic nitrogens is 2. The molecule has 3 N–H and O–H groups in total. The van der Waals surface area contributed by atoms with Gasteiger partial charge in [0.1, 0.15) is 6.61 Å². The fourth-order valence-electron chi connectivity index (χ4n) is 2.75. The first-order chi connectivity index (χ1) is 13.5. The number of anilines is 1. The van der Waals surface area contributed by atoms with Gasteiger partial charge < -0.3 is 30.0 Å². The molecule has 2 heterocycles. The van der Waals surface area contributed by atoms with E-state index in [0.717, 1.165) is 12.5 Å². The molecular formula is C18H26F2N4O4S2. The lowest BCUT2D eigenvalue weighted by Gasteiger charge is -2.29. The van der Waals surface area contributed by atoms with Gasteiger partial charge in [-0.1, -0.05) is 0 Å². The van der Waals surface area contributed by atoms with Gasteiger partial charge in [-0.25, -0.2) is 18.7 Å². The van der Waals surface area contributed by atoms with Crippen LogP contribution in [0.4, 0.5) is 14.7 Å². The number of benzene rings is 1. The average Bonchev–Trinajstić information content (AvgIpc) is 2.71. The van der Waals surface area contributed by atoms with Crippen LogP contribution < -0.4 is 25.3 Å². The fourth-order valence-corrected chi connectivity index (χ4v) is 2.75. The lowest BCUT2D eigenvalue weighted by atomic mass is 10.1. The summed E-state index contributed by atoms with van der Waals surface area (Å²) in [5.41, 5.74) is 5.71. The molecule has 1 aromatic carbocycles. The zero-order valence-corrected chi connectivity index (χ0v) is 18.6. The highest BCUT2D eigenvalue weighted by molar-refractivity contribution is 7.59. The van der Waals surface area contributed by atoms with E-state index >= 15 is 0 Å². The largest absolute Gasteiger partial charge is 0.494 e. The lowest BCUT2D eigenvalue weighted by Crippen LogP contribution is -2.47. The normalized spacial score (nSPS) is 17.9. The molecule has 0 saturated carbocycles. The van der Waals surface area contributed by atoms with Crippen LogP contribution in [0.15, 0.2) is 18.5 Å². The van der Waals surface area contributed by atoms with E-state index in [1.165, 1.54) is 26.6 Å². The second-order valence-electron chi connectivity index (χ2n) is 6.20. The summed E-state index contributed by atoms with van der Waals surface area (Å²) in [7, 11) is 2.56. The molecule has 1 aliphatic rings. The van der Waals surface area contributed by atoms with Crippen molar-refractivity contribution in [3.05, 3.63) is 35.7 Å². The van der Waals surface area contributed by atoms with Crippen molar-refractivity contribution < 1.29 is 27.7 Å². The van der Waals surface area contributed by atoms with E-state index in [1.54, 1.807) is 0 Å². The van der Waals surface area contributed by atoms with Gasteiger partial charge in [0.05, 0.1) is 44.8 Å². The van der Waals surface area contributed by atoms with E-state index in [2.05, 4.69) is 15.3 Å². The van der Waals surface area contributed by atoms with Crippen molar-refractivity contribution >= 4 is 32.9 Å². The summed E-state index contributed by atoms with van der Waals surface area (Å²) in [6.45, 7) is 0.719. The molecule has 8 nitrogen and oxygen atoms in total. The molecule has 0 unspecified atom stereocenters. The molecule has 0 amide bonds. The summed E-state index contributed by atoms with van der Waals surface area (Å²) in [5, 5.41) is 3.10. The number of halogens is 2. The van der Waals surface area contributed by atoms with E-state index in [0.29, 0.717) is 19.2 Å². The smallest absolute Gasteiger partial charge is 0.223 e. The van der Waals surface area contributed by atoms with Gasteiger partial charge in [0, 0.05) is 18.7 Å². The molecule has 12 heteroatoms. The van der Waals surface area contributed by atoms with Crippen molar-refractivity contribution in [3.8, 4) is 17.2 Å². The Bertz CT molecular complexity index is 790. The molecule has 168 valence electrons. The quantitative estimate of drug-likeness (QED) is 0.643. The highest BCUT2D eigenvalue weighted by Crippen LogP contribution is 2.31. The first-order valence-corrected chi connectivity index (χ1v) is 8.67. The van der Waals surface area contributed by atoms with Gasteiger partial charge in [-0.15, -0.1) is 0 Å². The summed E-state index contributed by atoms with van der Waals surface area (Å²) in [4.78, 5) is 8.27. The zero-order valence-electron chi connectivity index (χ0n) is 16.6. The van der Waals surface area contributed by atoms with E-state index in [9.17, 15) is 8.78 Å². The highest BCUT2D eigenvalue weighted by atomic mass is 32.1. The third-order valence-corrected chi connectivity index (χ3v) is 4.40. The third-order valence-electron chi connectivity index (χ3n) is 4.40. The van der Waals surface area contributed by atoms with Crippen LogP contribution in [-0.4, -0.2) is 49.5 Å². The molecule has 0 spiro atoms.